The highest BCUT2D eigenvalue weighted by Gasteiger charge is 2.25. The molecule has 0 aromatic carbocycles. The summed E-state index contributed by atoms with van der Waals surface area (Å²) in [5.74, 6) is -0.0238. The minimum absolute atomic E-state index is 0.00441. The van der Waals surface area contributed by atoms with E-state index in [9.17, 15) is 9.59 Å². The first kappa shape index (κ1) is 15.7. The molecule has 0 bridgehead atoms. The van der Waals surface area contributed by atoms with Crippen LogP contribution >= 0.6 is 0 Å². The van der Waals surface area contributed by atoms with E-state index >= 15 is 0 Å². The van der Waals surface area contributed by atoms with E-state index in [1.807, 2.05) is 11.0 Å². The van der Waals surface area contributed by atoms with Gasteiger partial charge in [0.2, 0.25) is 5.91 Å². The van der Waals surface area contributed by atoms with E-state index in [4.69, 9.17) is 0 Å². The van der Waals surface area contributed by atoms with Crippen LogP contribution in [0.15, 0.2) is 29.2 Å². The molecule has 1 aliphatic rings. The van der Waals surface area contributed by atoms with Crippen molar-refractivity contribution in [2.24, 2.45) is 0 Å². The van der Waals surface area contributed by atoms with Crippen LogP contribution in [0.5, 0.6) is 0 Å². The fourth-order valence-corrected chi connectivity index (χ4v) is 3.16. The van der Waals surface area contributed by atoms with Gasteiger partial charge >= 0.3 is 5.69 Å². The molecule has 1 fully saturated rings. The lowest BCUT2D eigenvalue weighted by atomic mass is 10.0. The third-order valence-electron chi connectivity index (χ3n) is 4.31. The largest absolute Gasteiger partial charge is 0.350 e. The number of piperidine rings is 1. The molecule has 0 unspecified atom stereocenters. The number of nitrogens with zero attached hydrogens (tertiary/aromatic N) is 4. The van der Waals surface area contributed by atoms with Crippen LogP contribution in [0.25, 0.3) is 5.65 Å². The maximum Gasteiger partial charge on any atom is 0.350 e. The van der Waals surface area contributed by atoms with Crippen LogP contribution in [0.3, 0.4) is 0 Å². The number of fused-ring (bicyclic) bond motifs is 1. The van der Waals surface area contributed by atoms with Gasteiger partial charge in [-0.15, -0.1) is 5.10 Å². The average molecular weight is 317 g/mol. The van der Waals surface area contributed by atoms with Gasteiger partial charge in [-0.1, -0.05) is 13.0 Å². The van der Waals surface area contributed by atoms with Crippen molar-refractivity contribution in [3.8, 4) is 0 Å². The van der Waals surface area contributed by atoms with Crippen LogP contribution in [0.2, 0.25) is 0 Å². The molecule has 3 heterocycles. The van der Waals surface area contributed by atoms with Gasteiger partial charge in [0.05, 0.1) is 0 Å². The average Bonchev–Trinajstić information content (AvgIpc) is 2.89. The smallest absolute Gasteiger partial charge is 0.338 e. The summed E-state index contributed by atoms with van der Waals surface area (Å²) in [7, 11) is 0. The SMILES string of the molecule is CCCN(C(=O)Cn1nc2ccccn2c1=O)C1CCNCC1. The predicted octanol–water partition coefficient (Wildman–Crippen LogP) is 0.487. The summed E-state index contributed by atoms with van der Waals surface area (Å²) in [6, 6.07) is 5.63. The molecule has 3 rings (SSSR count). The predicted molar refractivity (Wildman–Crippen MR) is 87.3 cm³/mol. The van der Waals surface area contributed by atoms with Gasteiger partial charge in [-0.25, -0.2) is 9.48 Å². The molecular weight excluding hydrogens is 294 g/mol. The zero-order valence-electron chi connectivity index (χ0n) is 13.4. The molecule has 1 saturated heterocycles. The van der Waals surface area contributed by atoms with Crippen molar-refractivity contribution in [2.45, 2.75) is 38.8 Å². The molecule has 1 N–H and O–H groups in total. The van der Waals surface area contributed by atoms with Crippen molar-refractivity contribution in [3.05, 3.63) is 34.9 Å². The van der Waals surface area contributed by atoms with E-state index in [2.05, 4.69) is 17.3 Å². The molecule has 1 aliphatic heterocycles. The van der Waals surface area contributed by atoms with E-state index in [1.165, 1.54) is 9.08 Å². The minimum Gasteiger partial charge on any atom is -0.338 e. The summed E-state index contributed by atoms with van der Waals surface area (Å²) in [6.07, 6.45) is 4.51. The number of carbonyl (C=O) groups excluding carboxylic acids is 1. The Morgan fingerprint density at radius 3 is 2.87 bits per heavy atom. The normalized spacial score (nSPS) is 15.9. The maximum atomic E-state index is 12.7. The lowest BCUT2D eigenvalue weighted by Crippen LogP contribution is -2.48. The summed E-state index contributed by atoms with van der Waals surface area (Å²) in [5.41, 5.74) is 0.296. The van der Waals surface area contributed by atoms with Gasteiger partial charge in [0.15, 0.2) is 5.65 Å². The van der Waals surface area contributed by atoms with Gasteiger partial charge < -0.3 is 10.2 Å². The van der Waals surface area contributed by atoms with Gasteiger partial charge in [0.25, 0.3) is 0 Å². The number of nitrogens with one attached hydrogen (secondary N) is 1. The number of hydrogen-bond donors (Lipinski definition) is 1. The molecule has 2 aromatic rings. The van der Waals surface area contributed by atoms with Crippen molar-refractivity contribution < 1.29 is 4.79 Å². The van der Waals surface area contributed by atoms with Crippen molar-refractivity contribution in [1.82, 2.24) is 24.4 Å². The number of amides is 1. The summed E-state index contributed by atoms with van der Waals surface area (Å²) in [5, 5.41) is 7.57. The maximum absolute atomic E-state index is 12.7. The summed E-state index contributed by atoms with van der Waals surface area (Å²) >= 11 is 0. The van der Waals surface area contributed by atoms with E-state index in [-0.39, 0.29) is 24.2 Å². The van der Waals surface area contributed by atoms with E-state index in [0.717, 1.165) is 38.9 Å². The molecule has 7 nitrogen and oxygen atoms in total. The zero-order chi connectivity index (χ0) is 16.2. The molecule has 0 radical (unpaired) electrons. The Kier molecular flexibility index (Phi) is 4.76. The Bertz CT molecular complexity index is 729. The molecule has 124 valence electrons. The summed E-state index contributed by atoms with van der Waals surface area (Å²) in [4.78, 5) is 27.0. The topological polar surface area (TPSA) is 71.6 Å². The van der Waals surface area contributed by atoms with Crippen LogP contribution in [-0.4, -0.2) is 50.7 Å². The highest BCUT2D eigenvalue weighted by molar-refractivity contribution is 5.76. The molecule has 1 amide bonds. The van der Waals surface area contributed by atoms with E-state index in [1.54, 1.807) is 18.3 Å². The Morgan fingerprint density at radius 1 is 1.39 bits per heavy atom. The van der Waals surface area contributed by atoms with Crippen LogP contribution in [0.4, 0.5) is 0 Å². The first-order valence-corrected chi connectivity index (χ1v) is 8.25. The second-order valence-electron chi connectivity index (χ2n) is 5.94. The number of hydrogen-bond acceptors (Lipinski definition) is 4. The Balaban J connectivity index is 1.79. The Morgan fingerprint density at radius 2 is 2.17 bits per heavy atom. The van der Waals surface area contributed by atoms with Crippen molar-refractivity contribution in [3.63, 3.8) is 0 Å². The van der Waals surface area contributed by atoms with Crippen LogP contribution < -0.4 is 11.0 Å². The van der Waals surface area contributed by atoms with Crippen molar-refractivity contribution in [1.29, 1.82) is 0 Å². The number of carbonyl (C=O) groups is 1. The molecule has 0 atom stereocenters. The Hall–Kier alpha value is -2.15. The molecular formula is C16H23N5O2. The van der Waals surface area contributed by atoms with Gasteiger partial charge in [-0.3, -0.25) is 9.20 Å². The molecule has 7 heteroatoms. The highest BCUT2D eigenvalue weighted by Crippen LogP contribution is 2.13. The van der Waals surface area contributed by atoms with Gasteiger partial charge in [0.1, 0.15) is 6.54 Å². The lowest BCUT2D eigenvalue weighted by Gasteiger charge is -2.34. The lowest BCUT2D eigenvalue weighted by molar-refractivity contribution is -0.135. The molecule has 0 saturated carbocycles. The van der Waals surface area contributed by atoms with Gasteiger partial charge in [-0.2, -0.15) is 0 Å². The van der Waals surface area contributed by atoms with Crippen LogP contribution in [-0.2, 0) is 11.3 Å². The highest BCUT2D eigenvalue weighted by atomic mass is 16.2. The molecule has 0 spiro atoms. The fourth-order valence-electron chi connectivity index (χ4n) is 3.16. The molecule has 2 aromatic heterocycles. The number of pyridine rings is 1. The summed E-state index contributed by atoms with van der Waals surface area (Å²) < 4.78 is 2.73. The monoisotopic (exact) mass is 317 g/mol. The number of aromatic nitrogens is 3. The standard InChI is InChI=1S/C16H23N5O2/c1-2-10-19(13-6-8-17-9-7-13)15(22)12-21-16(23)20-11-4-3-5-14(20)18-21/h3-5,11,13,17H,2,6-10,12H2,1H3. The second-order valence-corrected chi connectivity index (χ2v) is 5.94. The first-order valence-electron chi connectivity index (χ1n) is 8.25. The van der Waals surface area contributed by atoms with Gasteiger partial charge in [-0.05, 0) is 44.5 Å². The summed E-state index contributed by atoms with van der Waals surface area (Å²) in [6.45, 7) is 4.67. The quantitative estimate of drug-likeness (QED) is 0.871. The Labute approximate surface area is 134 Å². The van der Waals surface area contributed by atoms with Crippen LogP contribution in [0, 0.1) is 0 Å². The van der Waals surface area contributed by atoms with Crippen molar-refractivity contribution >= 4 is 11.6 Å². The zero-order valence-corrected chi connectivity index (χ0v) is 13.4. The third kappa shape index (κ3) is 3.29. The molecule has 0 aliphatic carbocycles. The van der Waals surface area contributed by atoms with Crippen LogP contribution in [0.1, 0.15) is 26.2 Å². The minimum atomic E-state index is -0.268. The second kappa shape index (κ2) is 6.95. The molecule has 23 heavy (non-hydrogen) atoms. The van der Waals surface area contributed by atoms with Crippen molar-refractivity contribution in [2.75, 3.05) is 19.6 Å². The number of rotatable bonds is 5. The first-order chi connectivity index (χ1) is 11.2. The van der Waals surface area contributed by atoms with E-state index < -0.39 is 0 Å². The van der Waals surface area contributed by atoms with Gasteiger partial charge in [0, 0.05) is 18.8 Å². The third-order valence-corrected chi connectivity index (χ3v) is 4.31. The fraction of sp³-hybridized carbons (Fsp3) is 0.562. The van der Waals surface area contributed by atoms with E-state index in [0.29, 0.717) is 5.65 Å².